The number of nitrogens with zero attached hydrogens (tertiary/aromatic N) is 2. The molecule has 2 saturated heterocycles. The Morgan fingerprint density at radius 2 is 1.77 bits per heavy atom. The Labute approximate surface area is 135 Å². The Bertz CT molecular complexity index is 333. The number of ether oxygens (including phenoxy) is 1. The molecule has 2 aliphatic rings. The Kier molecular flexibility index (Phi) is 7.12. The van der Waals surface area contributed by atoms with Gasteiger partial charge in [-0.3, -0.25) is 4.79 Å². The first-order chi connectivity index (χ1) is 10.7. The number of carbonyl (C=O) groups excluding carboxylic acids is 1. The van der Waals surface area contributed by atoms with Crippen LogP contribution in [0.3, 0.4) is 0 Å². The molecule has 0 aromatic carbocycles. The minimum atomic E-state index is -0.330. The summed E-state index contributed by atoms with van der Waals surface area (Å²) < 4.78 is 5.36. The van der Waals surface area contributed by atoms with Crippen LogP contribution in [0.15, 0.2) is 0 Å². The van der Waals surface area contributed by atoms with Gasteiger partial charge >= 0.3 is 0 Å². The van der Waals surface area contributed by atoms with Gasteiger partial charge in [0.15, 0.2) is 0 Å². The second-order valence-electron chi connectivity index (χ2n) is 6.73. The first-order valence-corrected chi connectivity index (χ1v) is 9.00. The van der Waals surface area contributed by atoms with E-state index in [0.29, 0.717) is 5.92 Å². The summed E-state index contributed by atoms with van der Waals surface area (Å²) in [6.07, 6.45) is 4.07. The largest absolute Gasteiger partial charge is 0.381 e. The Morgan fingerprint density at radius 3 is 2.32 bits per heavy atom. The zero-order valence-electron chi connectivity index (χ0n) is 14.3. The molecule has 2 aliphatic heterocycles. The maximum absolute atomic E-state index is 12.6. The van der Waals surface area contributed by atoms with Crippen molar-refractivity contribution in [2.45, 2.75) is 45.6 Å². The number of nitrogens with two attached hydrogens (primary N) is 1. The predicted molar refractivity (Wildman–Crippen MR) is 88.6 cm³/mol. The van der Waals surface area contributed by atoms with E-state index >= 15 is 0 Å². The fourth-order valence-electron chi connectivity index (χ4n) is 3.67. The summed E-state index contributed by atoms with van der Waals surface area (Å²) in [5, 5.41) is 0. The van der Waals surface area contributed by atoms with Gasteiger partial charge in [-0.05, 0) is 50.6 Å². The average molecular weight is 311 g/mol. The summed E-state index contributed by atoms with van der Waals surface area (Å²) in [6, 6.07) is -0.330. The van der Waals surface area contributed by atoms with Crippen molar-refractivity contribution in [1.29, 1.82) is 0 Å². The van der Waals surface area contributed by atoms with Crippen LogP contribution in [0.25, 0.3) is 0 Å². The lowest BCUT2D eigenvalue weighted by Crippen LogP contribution is -2.51. The Balaban J connectivity index is 1.76. The third kappa shape index (κ3) is 4.67. The molecule has 0 aliphatic carbocycles. The van der Waals surface area contributed by atoms with Crippen molar-refractivity contribution in [3.8, 4) is 0 Å². The van der Waals surface area contributed by atoms with Gasteiger partial charge in [0.05, 0.1) is 6.04 Å². The van der Waals surface area contributed by atoms with Crippen molar-refractivity contribution >= 4 is 5.91 Å². The summed E-state index contributed by atoms with van der Waals surface area (Å²) in [5.74, 6) is 1.19. The SMILES string of the molecule is CCN(CC)CC1CCN(C(=O)C(N)C2CCOCC2)CC1. The normalized spacial score (nSPS) is 23.0. The Morgan fingerprint density at radius 1 is 1.18 bits per heavy atom. The fraction of sp³-hybridized carbons (Fsp3) is 0.941. The van der Waals surface area contributed by atoms with Gasteiger partial charge in [-0.2, -0.15) is 0 Å². The highest BCUT2D eigenvalue weighted by atomic mass is 16.5. The molecule has 1 atom stereocenters. The van der Waals surface area contributed by atoms with Crippen molar-refractivity contribution in [3.63, 3.8) is 0 Å². The van der Waals surface area contributed by atoms with Crippen LogP contribution >= 0.6 is 0 Å². The zero-order chi connectivity index (χ0) is 15.9. The molecule has 2 N–H and O–H groups in total. The predicted octanol–water partition coefficient (Wildman–Crippen LogP) is 1.32. The summed E-state index contributed by atoms with van der Waals surface area (Å²) in [7, 11) is 0. The quantitative estimate of drug-likeness (QED) is 0.804. The second kappa shape index (κ2) is 8.85. The van der Waals surface area contributed by atoms with Crippen LogP contribution in [0.1, 0.15) is 39.5 Å². The molecule has 0 aromatic rings. The molecule has 2 fully saturated rings. The Hall–Kier alpha value is -0.650. The molecule has 0 radical (unpaired) electrons. The topological polar surface area (TPSA) is 58.8 Å². The zero-order valence-corrected chi connectivity index (χ0v) is 14.3. The third-order valence-corrected chi connectivity index (χ3v) is 5.40. The number of rotatable bonds is 6. The van der Waals surface area contributed by atoms with Gasteiger partial charge < -0.3 is 20.3 Å². The van der Waals surface area contributed by atoms with Gasteiger partial charge in [0.1, 0.15) is 0 Å². The third-order valence-electron chi connectivity index (χ3n) is 5.40. The first-order valence-electron chi connectivity index (χ1n) is 9.00. The smallest absolute Gasteiger partial charge is 0.239 e. The van der Waals surface area contributed by atoms with Crippen LogP contribution in [0.5, 0.6) is 0 Å². The molecule has 1 unspecified atom stereocenters. The summed E-state index contributed by atoms with van der Waals surface area (Å²) in [4.78, 5) is 17.1. The van der Waals surface area contributed by atoms with E-state index in [1.54, 1.807) is 0 Å². The first kappa shape index (κ1) is 17.7. The van der Waals surface area contributed by atoms with Crippen LogP contribution in [0, 0.1) is 11.8 Å². The summed E-state index contributed by atoms with van der Waals surface area (Å²) in [5.41, 5.74) is 6.23. The van der Waals surface area contributed by atoms with Crippen molar-refractivity contribution in [1.82, 2.24) is 9.80 Å². The molecule has 22 heavy (non-hydrogen) atoms. The molecule has 128 valence electrons. The lowest BCUT2D eigenvalue weighted by molar-refractivity contribution is -0.136. The van der Waals surface area contributed by atoms with Crippen LogP contribution in [0.4, 0.5) is 0 Å². The molecule has 5 nitrogen and oxygen atoms in total. The monoisotopic (exact) mass is 311 g/mol. The van der Waals surface area contributed by atoms with E-state index in [4.69, 9.17) is 10.5 Å². The number of likely N-dealkylation sites (tertiary alicyclic amines) is 1. The lowest BCUT2D eigenvalue weighted by atomic mass is 9.90. The van der Waals surface area contributed by atoms with Gasteiger partial charge in [-0.15, -0.1) is 0 Å². The molecule has 2 rings (SSSR count). The molecular weight excluding hydrogens is 278 g/mol. The molecule has 5 heteroatoms. The van der Waals surface area contributed by atoms with Crippen molar-refractivity contribution in [2.75, 3.05) is 45.9 Å². The molecular formula is C17H33N3O2. The molecule has 0 bridgehead atoms. The van der Waals surface area contributed by atoms with Gasteiger partial charge in [0, 0.05) is 32.8 Å². The summed E-state index contributed by atoms with van der Waals surface area (Å²) in [6.45, 7) is 11.1. The van der Waals surface area contributed by atoms with E-state index in [0.717, 1.165) is 71.0 Å². The fourth-order valence-corrected chi connectivity index (χ4v) is 3.67. The van der Waals surface area contributed by atoms with Crippen molar-refractivity contribution < 1.29 is 9.53 Å². The number of amides is 1. The van der Waals surface area contributed by atoms with Crippen LogP contribution in [-0.2, 0) is 9.53 Å². The van der Waals surface area contributed by atoms with Crippen molar-refractivity contribution in [3.05, 3.63) is 0 Å². The molecule has 0 spiro atoms. The van der Waals surface area contributed by atoms with Gasteiger partial charge in [0.2, 0.25) is 5.91 Å². The highest BCUT2D eigenvalue weighted by molar-refractivity contribution is 5.82. The molecule has 2 heterocycles. The molecule has 1 amide bonds. The van der Waals surface area contributed by atoms with Crippen LogP contribution < -0.4 is 5.73 Å². The number of hydrogen-bond acceptors (Lipinski definition) is 4. The van der Waals surface area contributed by atoms with E-state index in [1.165, 1.54) is 6.54 Å². The van der Waals surface area contributed by atoms with E-state index in [1.807, 2.05) is 4.90 Å². The van der Waals surface area contributed by atoms with Gasteiger partial charge in [-0.1, -0.05) is 13.8 Å². The van der Waals surface area contributed by atoms with Crippen LogP contribution in [0.2, 0.25) is 0 Å². The molecule has 0 aromatic heterocycles. The van der Waals surface area contributed by atoms with E-state index in [-0.39, 0.29) is 11.9 Å². The van der Waals surface area contributed by atoms with Crippen LogP contribution in [-0.4, -0.2) is 67.7 Å². The van der Waals surface area contributed by atoms with Gasteiger partial charge in [0.25, 0.3) is 0 Å². The lowest BCUT2D eigenvalue weighted by Gasteiger charge is -2.37. The van der Waals surface area contributed by atoms with E-state index in [2.05, 4.69) is 18.7 Å². The minimum absolute atomic E-state index is 0.160. The minimum Gasteiger partial charge on any atom is -0.381 e. The maximum Gasteiger partial charge on any atom is 0.239 e. The van der Waals surface area contributed by atoms with Crippen molar-refractivity contribution in [2.24, 2.45) is 17.6 Å². The maximum atomic E-state index is 12.6. The van der Waals surface area contributed by atoms with Gasteiger partial charge in [-0.25, -0.2) is 0 Å². The average Bonchev–Trinajstić information content (AvgIpc) is 2.59. The highest BCUT2D eigenvalue weighted by Crippen LogP contribution is 2.22. The summed E-state index contributed by atoms with van der Waals surface area (Å²) >= 11 is 0. The number of piperidine rings is 1. The number of hydrogen-bond donors (Lipinski definition) is 1. The molecule has 0 saturated carbocycles. The highest BCUT2D eigenvalue weighted by Gasteiger charge is 2.32. The van der Waals surface area contributed by atoms with E-state index in [9.17, 15) is 4.79 Å². The van der Waals surface area contributed by atoms with E-state index < -0.39 is 0 Å². The standard InChI is InChI=1S/C17H33N3O2/c1-3-19(4-2)13-14-5-9-20(10-6-14)17(21)16(18)15-7-11-22-12-8-15/h14-16H,3-13,18H2,1-2H3. The number of carbonyl (C=O) groups is 1. The second-order valence-corrected chi connectivity index (χ2v) is 6.73.